The van der Waals surface area contributed by atoms with Crippen LogP contribution in [-0.2, 0) is 0 Å². The molecular weight excluding hydrogens is 400 g/mol. The van der Waals surface area contributed by atoms with Gasteiger partial charge in [0.15, 0.2) is 0 Å². The van der Waals surface area contributed by atoms with Gasteiger partial charge in [-0.2, -0.15) is 0 Å². The Morgan fingerprint density at radius 2 is 1.75 bits per heavy atom. The molecule has 0 saturated heterocycles. The molecule has 2 N–H and O–H groups in total. The van der Waals surface area contributed by atoms with Crippen LogP contribution in [0.1, 0.15) is 10.4 Å². The van der Waals surface area contributed by atoms with Crippen LogP contribution in [0, 0.1) is 11.6 Å². The molecule has 7 heteroatoms. The van der Waals surface area contributed by atoms with Crippen molar-refractivity contribution in [3.8, 4) is 5.75 Å². The van der Waals surface area contributed by atoms with Gasteiger partial charge < -0.3 is 10.4 Å². The van der Waals surface area contributed by atoms with Gasteiger partial charge in [-0.3, -0.25) is 4.79 Å². The van der Waals surface area contributed by atoms with Crippen LogP contribution in [0.25, 0.3) is 0 Å². The van der Waals surface area contributed by atoms with E-state index < -0.39 is 17.5 Å². The van der Waals surface area contributed by atoms with Gasteiger partial charge in [0.25, 0.3) is 5.91 Å². The summed E-state index contributed by atoms with van der Waals surface area (Å²) in [5, 5.41) is 11.7. The van der Waals surface area contributed by atoms with Crippen molar-refractivity contribution >= 4 is 43.5 Å². The van der Waals surface area contributed by atoms with Crippen LogP contribution in [0.5, 0.6) is 5.75 Å². The smallest absolute Gasteiger partial charge is 0.255 e. The monoisotopic (exact) mass is 405 g/mol. The number of aromatic hydroxyl groups is 1. The lowest BCUT2D eigenvalue weighted by Crippen LogP contribution is -2.13. The Morgan fingerprint density at radius 3 is 2.40 bits per heavy atom. The van der Waals surface area contributed by atoms with E-state index in [0.717, 1.165) is 12.1 Å². The molecule has 0 radical (unpaired) electrons. The SMILES string of the molecule is O=C(Nc1cc(F)c(Br)cc1F)c1ccc(Br)c(O)c1. The number of nitrogens with one attached hydrogen (secondary N) is 1. The molecule has 3 nitrogen and oxygen atoms in total. The van der Waals surface area contributed by atoms with E-state index in [9.17, 15) is 18.7 Å². The first-order chi connectivity index (χ1) is 9.38. The van der Waals surface area contributed by atoms with Gasteiger partial charge in [0.05, 0.1) is 14.6 Å². The number of halogens is 4. The highest BCUT2D eigenvalue weighted by Crippen LogP contribution is 2.26. The highest BCUT2D eigenvalue weighted by atomic mass is 79.9. The molecule has 0 saturated carbocycles. The van der Waals surface area contributed by atoms with Gasteiger partial charge in [-0.1, -0.05) is 0 Å². The standard InChI is InChI=1S/C13H7Br2F2NO2/c14-7-2-1-6(3-12(7)19)13(20)18-11-5-9(16)8(15)4-10(11)17/h1-5,19H,(H,18,20). The summed E-state index contributed by atoms with van der Waals surface area (Å²) in [7, 11) is 0. The fraction of sp³-hybridized carbons (Fsp3) is 0. The van der Waals surface area contributed by atoms with Crippen LogP contribution in [0.15, 0.2) is 39.3 Å². The third-order valence-corrected chi connectivity index (χ3v) is 3.74. The summed E-state index contributed by atoms with van der Waals surface area (Å²) >= 11 is 5.92. The number of amides is 1. The molecule has 2 aromatic carbocycles. The Kier molecular flexibility index (Phi) is 4.39. The van der Waals surface area contributed by atoms with Crippen LogP contribution in [0.4, 0.5) is 14.5 Å². The van der Waals surface area contributed by atoms with E-state index in [2.05, 4.69) is 37.2 Å². The minimum atomic E-state index is -0.770. The highest BCUT2D eigenvalue weighted by molar-refractivity contribution is 9.10. The zero-order valence-corrected chi connectivity index (χ0v) is 12.9. The zero-order valence-electron chi connectivity index (χ0n) is 9.75. The summed E-state index contributed by atoms with van der Waals surface area (Å²) in [4.78, 5) is 11.9. The Bertz CT molecular complexity index is 692. The molecule has 0 aliphatic heterocycles. The topological polar surface area (TPSA) is 49.3 Å². The Morgan fingerprint density at radius 1 is 1.05 bits per heavy atom. The molecular formula is C13H7Br2F2NO2. The summed E-state index contributed by atoms with van der Waals surface area (Å²) < 4.78 is 27.3. The number of hydrogen-bond donors (Lipinski definition) is 2. The summed E-state index contributed by atoms with van der Waals surface area (Å²) in [6.07, 6.45) is 0. The Labute approximate surface area is 129 Å². The van der Waals surface area contributed by atoms with E-state index in [1.54, 1.807) is 0 Å². The predicted molar refractivity (Wildman–Crippen MR) is 77.8 cm³/mol. The Balaban J connectivity index is 2.27. The number of rotatable bonds is 2. The van der Waals surface area contributed by atoms with Crippen molar-refractivity contribution in [1.82, 2.24) is 0 Å². The van der Waals surface area contributed by atoms with Gasteiger partial charge in [-0.25, -0.2) is 8.78 Å². The second kappa shape index (κ2) is 5.88. The van der Waals surface area contributed by atoms with Crippen molar-refractivity contribution in [1.29, 1.82) is 0 Å². The van der Waals surface area contributed by atoms with Crippen molar-refractivity contribution in [3.05, 3.63) is 56.5 Å². The minimum absolute atomic E-state index is 0.0331. The van der Waals surface area contributed by atoms with Crippen LogP contribution in [-0.4, -0.2) is 11.0 Å². The maximum atomic E-state index is 13.6. The van der Waals surface area contributed by atoms with E-state index in [0.29, 0.717) is 4.47 Å². The fourth-order valence-electron chi connectivity index (χ4n) is 1.47. The van der Waals surface area contributed by atoms with Crippen molar-refractivity contribution in [2.24, 2.45) is 0 Å². The third kappa shape index (κ3) is 3.16. The van der Waals surface area contributed by atoms with Gasteiger partial charge in [0, 0.05) is 11.6 Å². The molecule has 104 valence electrons. The molecule has 0 aliphatic carbocycles. The Hall–Kier alpha value is -1.47. The van der Waals surface area contributed by atoms with Crippen molar-refractivity contribution in [2.75, 3.05) is 5.32 Å². The van der Waals surface area contributed by atoms with E-state index in [1.807, 2.05) is 0 Å². The number of phenolic OH excluding ortho intramolecular Hbond substituents is 1. The number of benzene rings is 2. The lowest BCUT2D eigenvalue weighted by atomic mass is 10.2. The van der Waals surface area contributed by atoms with Crippen molar-refractivity contribution in [2.45, 2.75) is 0 Å². The molecule has 0 aliphatic rings. The lowest BCUT2D eigenvalue weighted by molar-refractivity contribution is 0.102. The van der Waals surface area contributed by atoms with Gasteiger partial charge in [-0.05, 0) is 56.1 Å². The number of hydrogen-bond acceptors (Lipinski definition) is 2. The number of carbonyl (C=O) groups is 1. The largest absolute Gasteiger partial charge is 0.507 e. The molecule has 2 rings (SSSR count). The second-order valence-corrected chi connectivity index (χ2v) is 5.58. The molecule has 0 fully saturated rings. The first-order valence-corrected chi connectivity index (χ1v) is 6.91. The van der Waals surface area contributed by atoms with Gasteiger partial charge in [-0.15, -0.1) is 0 Å². The van der Waals surface area contributed by atoms with E-state index in [-0.39, 0.29) is 21.5 Å². The molecule has 0 aromatic heterocycles. The summed E-state index contributed by atoms with van der Waals surface area (Å²) in [5.74, 6) is -2.25. The normalized spacial score (nSPS) is 10.4. The van der Waals surface area contributed by atoms with Crippen LogP contribution < -0.4 is 5.32 Å². The summed E-state index contributed by atoms with van der Waals surface area (Å²) in [5.41, 5.74) is -0.161. The van der Waals surface area contributed by atoms with Crippen molar-refractivity contribution < 1.29 is 18.7 Å². The number of phenols is 1. The summed E-state index contributed by atoms with van der Waals surface area (Å²) in [6, 6.07) is 5.92. The van der Waals surface area contributed by atoms with E-state index in [1.165, 1.54) is 18.2 Å². The first kappa shape index (κ1) is 14.9. The molecule has 0 spiro atoms. The molecule has 20 heavy (non-hydrogen) atoms. The van der Waals surface area contributed by atoms with Crippen molar-refractivity contribution in [3.63, 3.8) is 0 Å². The number of anilines is 1. The summed E-state index contributed by atoms with van der Waals surface area (Å²) in [6.45, 7) is 0. The van der Waals surface area contributed by atoms with E-state index in [4.69, 9.17) is 0 Å². The predicted octanol–water partition coefficient (Wildman–Crippen LogP) is 4.45. The molecule has 0 atom stereocenters. The fourth-order valence-corrected chi connectivity index (χ4v) is 2.03. The molecule has 1 amide bonds. The maximum absolute atomic E-state index is 13.6. The second-order valence-electron chi connectivity index (χ2n) is 3.87. The van der Waals surface area contributed by atoms with Gasteiger partial charge in [0.2, 0.25) is 0 Å². The molecule has 2 aromatic rings. The quantitative estimate of drug-likeness (QED) is 0.724. The molecule has 0 unspecified atom stereocenters. The first-order valence-electron chi connectivity index (χ1n) is 5.33. The molecule has 0 bridgehead atoms. The van der Waals surface area contributed by atoms with Gasteiger partial charge in [0.1, 0.15) is 17.4 Å². The van der Waals surface area contributed by atoms with Gasteiger partial charge >= 0.3 is 0 Å². The maximum Gasteiger partial charge on any atom is 0.255 e. The van der Waals surface area contributed by atoms with Crippen LogP contribution in [0.2, 0.25) is 0 Å². The zero-order chi connectivity index (χ0) is 14.9. The van der Waals surface area contributed by atoms with Crippen LogP contribution >= 0.6 is 31.9 Å². The minimum Gasteiger partial charge on any atom is -0.507 e. The average molecular weight is 407 g/mol. The van der Waals surface area contributed by atoms with E-state index >= 15 is 0 Å². The number of carbonyl (C=O) groups excluding carboxylic acids is 1. The van der Waals surface area contributed by atoms with Crippen LogP contribution in [0.3, 0.4) is 0 Å². The lowest BCUT2D eigenvalue weighted by Gasteiger charge is -2.08. The highest BCUT2D eigenvalue weighted by Gasteiger charge is 2.13. The molecule has 0 heterocycles. The average Bonchev–Trinajstić information content (AvgIpc) is 2.39. The third-order valence-electron chi connectivity index (χ3n) is 2.47.